The van der Waals surface area contributed by atoms with Crippen LogP contribution >= 0.6 is 0 Å². The molecule has 0 saturated heterocycles. The Balaban J connectivity index is 2.86. The number of ether oxygens (including phenoxy) is 2. The Labute approximate surface area is 111 Å². The van der Waals surface area contributed by atoms with Gasteiger partial charge in [0.25, 0.3) is 0 Å². The first-order valence-corrected chi connectivity index (χ1v) is 5.94. The second-order valence-corrected chi connectivity index (χ2v) is 3.55. The third kappa shape index (κ3) is 4.20. The van der Waals surface area contributed by atoms with Crippen LogP contribution in [0.5, 0.6) is 0 Å². The molecule has 0 bridgehead atoms. The summed E-state index contributed by atoms with van der Waals surface area (Å²) in [5, 5.41) is 0. The fourth-order valence-electron chi connectivity index (χ4n) is 1.43. The molecule has 7 nitrogen and oxygen atoms in total. The van der Waals surface area contributed by atoms with E-state index in [4.69, 9.17) is 4.74 Å². The highest BCUT2D eigenvalue weighted by molar-refractivity contribution is 5.85. The van der Waals surface area contributed by atoms with Gasteiger partial charge >= 0.3 is 11.9 Å². The molecular weight excluding hydrogens is 250 g/mol. The molecule has 0 unspecified atom stereocenters. The normalized spacial score (nSPS) is 9.84. The van der Waals surface area contributed by atoms with Crippen LogP contribution in [0, 0.1) is 0 Å². The molecule has 0 spiro atoms. The zero-order valence-electron chi connectivity index (χ0n) is 11.3. The van der Waals surface area contributed by atoms with Gasteiger partial charge in [-0.25, -0.2) is 14.8 Å². The van der Waals surface area contributed by atoms with Gasteiger partial charge in [0, 0.05) is 12.7 Å². The van der Waals surface area contributed by atoms with Gasteiger partial charge in [0.05, 0.1) is 13.7 Å². The monoisotopic (exact) mass is 267 g/mol. The third-order valence-corrected chi connectivity index (χ3v) is 2.34. The van der Waals surface area contributed by atoms with Crippen molar-refractivity contribution in [2.24, 2.45) is 0 Å². The largest absolute Gasteiger partial charge is 0.465 e. The van der Waals surface area contributed by atoms with E-state index in [1.807, 2.05) is 6.92 Å². The number of esters is 2. The van der Waals surface area contributed by atoms with E-state index in [-0.39, 0.29) is 18.3 Å². The van der Waals surface area contributed by atoms with Crippen LogP contribution in [-0.4, -0.2) is 48.7 Å². The maximum absolute atomic E-state index is 11.5. The van der Waals surface area contributed by atoms with E-state index in [0.717, 1.165) is 0 Å². The molecule has 0 aromatic carbocycles. The Morgan fingerprint density at radius 3 is 2.68 bits per heavy atom. The molecule has 1 heterocycles. The summed E-state index contributed by atoms with van der Waals surface area (Å²) >= 11 is 0. The molecule has 0 aliphatic carbocycles. The van der Waals surface area contributed by atoms with Crippen LogP contribution < -0.4 is 4.90 Å². The average molecular weight is 267 g/mol. The first-order chi connectivity index (χ1) is 9.12. The van der Waals surface area contributed by atoms with Crippen molar-refractivity contribution >= 4 is 17.8 Å². The summed E-state index contributed by atoms with van der Waals surface area (Å²) in [6, 6.07) is 1.62. The van der Waals surface area contributed by atoms with Gasteiger partial charge in [-0.2, -0.15) is 0 Å². The second kappa shape index (κ2) is 7.30. The quantitative estimate of drug-likeness (QED) is 0.700. The van der Waals surface area contributed by atoms with Gasteiger partial charge in [-0.05, 0) is 19.9 Å². The van der Waals surface area contributed by atoms with Crippen molar-refractivity contribution in [3.63, 3.8) is 0 Å². The molecular formula is C12H17N3O4. The standard InChI is InChI=1S/C12H17N3O4/c1-4-15(8-10(16)19-5-2)9-6-7-13-11(14-9)12(17)18-3/h6-7H,4-5,8H2,1-3H3. The number of aromatic nitrogens is 2. The molecule has 0 aliphatic heterocycles. The number of carbonyl (C=O) groups is 2. The van der Waals surface area contributed by atoms with Gasteiger partial charge in [-0.1, -0.05) is 0 Å². The number of carbonyl (C=O) groups excluding carboxylic acids is 2. The smallest absolute Gasteiger partial charge is 0.376 e. The third-order valence-electron chi connectivity index (χ3n) is 2.34. The Hall–Kier alpha value is -2.18. The Bertz CT molecular complexity index is 450. The Kier molecular flexibility index (Phi) is 5.72. The molecule has 0 fully saturated rings. The fourth-order valence-corrected chi connectivity index (χ4v) is 1.43. The van der Waals surface area contributed by atoms with Gasteiger partial charge in [0.1, 0.15) is 12.4 Å². The van der Waals surface area contributed by atoms with E-state index >= 15 is 0 Å². The van der Waals surface area contributed by atoms with Crippen molar-refractivity contribution < 1.29 is 19.1 Å². The van der Waals surface area contributed by atoms with Crippen molar-refractivity contribution in [1.29, 1.82) is 0 Å². The first-order valence-electron chi connectivity index (χ1n) is 5.94. The lowest BCUT2D eigenvalue weighted by molar-refractivity contribution is -0.141. The van der Waals surface area contributed by atoms with Gasteiger partial charge in [0.15, 0.2) is 0 Å². The molecule has 0 radical (unpaired) electrons. The SMILES string of the molecule is CCOC(=O)CN(CC)c1ccnc(C(=O)OC)n1. The van der Waals surface area contributed by atoms with Gasteiger partial charge in [0.2, 0.25) is 5.82 Å². The van der Waals surface area contributed by atoms with E-state index in [9.17, 15) is 9.59 Å². The lowest BCUT2D eigenvalue weighted by atomic mass is 10.4. The van der Waals surface area contributed by atoms with Crippen molar-refractivity contribution in [3.8, 4) is 0 Å². The molecule has 104 valence electrons. The number of anilines is 1. The number of nitrogens with zero attached hydrogens (tertiary/aromatic N) is 3. The van der Waals surface area contributed by atoms with Crippen molar-refractivity contribution in [1.82, 2.24) is 9.97 Å². The summed E-state index contributed by atoms with van der Waals surface area (Å²) in [6.45, 7) is 4.57. The summed E-state index contributed by atoms with van der Waals surface area (Å²) in [5.41, 5.74) is 0. The van der Waals surface area contributed by atoms with Crippen molar-refractivity contribution in [2.45, 2.75) is 13.8 Å². The number of hydrogen-bond acceptors (Lipinski definition) is 7. The summed E-state index contributed by atoms with van der Waals surface area (Å²) in [4.78, 5) is 32.4. The summed E-state index contributed by atoms with van der Waals surface area (Å²) in [5.74, 6) is -0.523. The van der Waals surface area contributed by atoms with Crippen LogP contribution in [0.15, 0.2) is 12.3 Å². The van der Waals surface area contributed by atoms with Crippen molar-refractivity contribution in [2.75, 3.05) is 31.7 Å². The predicted molar refractivity (Wildman–Crippen MR) is 67.9 cm³/mol. The highest BCUT2D eigenvalue weighted by atomic mass is 16.5. The minimum Gasteiger partial charge on any atom is -0.465 e. The van der Waals surface area contributed by atoms with E-state index in [2.05, 4.69) is 14.7 Å². The van der Waals surface area contributed by atoms with Crippen LogP contribution in [0.3, 0.4) is 0 Å². The summed E-state index contributed by atoms with van der Waals surface area (Å²) in [7, 11) is 1.26. The minimum atomic E-state index is -0.617. The maximum Gasteiger partial charge on any atom is 0.376 e. The number of rotatable bonds is 6. The molecule has 0 atom stereocenters. The molecule has 1 aromatic rings. The zero-order chi connectivity index (χ0) is 14.3. The topological polar surface area (TPSA) is 81.6 Å². The molecule has 19 heavy (non-hydrogen) atoms. The predicted octanol–water partition coefficient (Wildman–Crippen LogP) is 0.653. The molecule has 1 rings (SSSR count). The first kappa shape index (κ1) is 14.9. The Morgan fingerprint density at radius 2 is 2.11 bits per heavy atom. The van der Waals surface area contributed by atoms with Crippen LogP contribution in [0.2, 0.25) is 0 Å². The van der Waals surface area contributed by atoms with Crippen LogP contribution in [-0.2, 0) is 14.3 Å². The fraction of sp³-hybridized carbons (Fsp3) is 0.500. The van der Waals surface area contributed by atoms with Crippen LogP contribution in [0.1, 0.15) is 24.5 Å². The highest BCUT2D eigenvalue weighted by Crippen LogP contribution is 2.10. The molecule has 0 amide bonds. The lowest BCUT2D eigenvalue weighted by Crippen LogP contribution is -2.32. The average Bonchev–Trinajstić information content (AvgIpc) is 2.44. The molecule has 7 heteroatoms. The van der Waals surface area contributed by atoms with E-state index in [1.165, 1.54) is 13.3 Å². The highest BCUT2D eigenvalue weighted by Gasteiger charge is 2.15. The minimum absolute atomic E-state index is 0.0395. The van der Waals surface area contributed by atoms with E-state index in [0.29, 0.717) is 19.0 Å². The van der Waals surface area contributed by atoms with Crippen LogP contribution in [0.4, 0.5) is 5.82 Å². The second-order valence-electron chi connectivity index (χ2n) is 3.55. The van der Waals surface area contributed by atoms with Crippen LogP contribution in [0.25, 0.3) is 0 Å². The number of likely N-dealkylation sites (N-methyl/N-ethyl adjacent to an activating group) is 1. The van der Waals surface area contributed by atoms with Gasteiger partial charge in [-0.15, -0.1) is 0 Å². The van der Waals surface area contributed by atoms with Gasteiger partial charge < -0.3 is 14.4 Å². The molecule has 1 aromatic heterocycles. The van der Waals surface area contributed by atoms with E-state index < -0.39 is 5.97 Å². The summed E-state index contributed by atoms with van der Waals surface area (Å²) in [6.07, 6.45) is 1.45. The lowest BCUT2D eigenvalue weighted by Gasteiger charge is -2.20. The number of methoxy groups -OCH3 is 1. The van der Waals surface area contributed by atoms with Crippen molar-refractivity contribution in [3.05, 3.63) is 18.1 Å². The maximum atomic E-state index is 11.5. The van der Waals surface area contributed by atoms with E-state index in [1.54, 1.807) is 17.9 Å². The summed E-state index contributed by atoms with van der Waals surface area (Å²) < 4.78 is 9.43. The number of hydrogen-bond donors (Lipinski definition) is 0. The molecule has 0 N–H and O–H groups in total. The zero-order valence-corrected chi connectivity index (χ0v) is 11.3. The molecule has 0 aliphatic rings. The Morgan fingerprint density at radius 1 is 1.37 bits per heavy atom. The van der Waals surface area contributed by atoms with Gasteiger partial charge in [-0.3, -0.25) is 4.79 Å². The molecule has 0 saturated carbocycles.